The normalized spacial score (nSPS) is 22.6. The molecule has 0 atom stereocenters. The Bertz CT molecular complexity index is 387. The first kappa shape index (κ1) is 13.4. The van der Waals surface area contributed by atoms with Crippen molar-refractivity contribution in [2.75, 3.05) is 0 Å². The molecule has 1 aliphatic carbocycles. The fourth-order valence-electron chi connectivity index (χ4n) is 2.58. The summed E-state index contributed by atoms with van der Waals surface area (Å²) < 4.78 is 0. The van der Waals surface area contributed by atoms with E-state index in [1.165, 1.54) is 38.5 Å². The number of nitrogens with one attached hydrogen (secondary N) is 1. The fourth-order valence-corrected chi connectivity index (χ4v) is 4.00. The predicted molar refractivity (Wildman–Crippen MR) is 71.8 cm³/mol. The second kappa shape index (κ2) is 5.30. The maximum atomic E-state index is 11.8. The van der Waals surface area contributed by atoms with Crippen LogP contribution in [0, 0.1) is 0 Å². The summed E-state index contributed by atoms with van der Waals surface area (Å²) in [5.74, 6) is -0.194. The Morgan fingerprint density at radius 1 is 1.22 bits per heavy atom. The van der Waals surface area contributed by atoms with E-state index >= 15 is 0 Å². The molecule has 0 aromatic heterocycles. The summed E-state index contributed by atoms with van der Waals surface area (Å²) in [4.78, 5) is 22.6. The highest BCUT2D eigenvalue weighted by Crippen LogP contribution is 2.46. The van der Waals surface area contributed by atoms with Crippen molar-refractivity contribution in [3.63, 3.8) is 0 Å². The third kappa shape index (κ3) is 2.68. The van der Waals surface area contributed by atoms with Gasteiger partial charge in [0, 0.05) is 13.8 Å². The van der Waals surface area contributed by atoms with Crippen LogP contribution in [0.1, 0.15) is 52.4 Å². The summed E-state index contributed by atoms with van der Waals surface area (Å²) in [6.07, 6.45) is 6.54. The molecule has 0 radical (unpaired) electrons. The van der Waals surface area contributed by atoms with E-state index in [-0.39, 0.29) is 16.7 Å². The van der Waals surface area contributed by atoms with Gasteiger partial charge in [-0.05, 0) is 12.8 Å². The molecule has 1 spiro atoms. The standard InChI is InChI=1S/C12H19N3O2S/c1-9(16)13-11-14-15(10(2)17)12(18-11)7-5-3-4-6-8-12/h3-8H2,1-2H3,(H,13,14,16). The lowest BCUT2D eigenvalue weighted by molar-refractivity contribution is -0.132. The Kier molecular flexibility index (Phi) is 3.94. The van der Waals surface area contributed by atoms with Crippen molar-refractivity contribution in [3.05, 3.63) is 0 Å². The maximum absolute atomic E-state index is 11.8. The molecule has 0 unspecified atom stereocenters. The predicted octanol–water partition coefficient (Wildman–Crippen LogP) is 2.04. The van der Waals surface area contributed by atoms with Gasteiger partial charge in [-0.1, -0.05) is 37.4 Å². The van der Waals surface area contributed by atoms with Crippen LogP contribution in [0.2, 0.25) is 0 Å². The van der Waals surface area contributed by atoms with E-state index in [4.69, 9.17) is 0 Å². The van der Waals surface area contributed by atoms with Crippen LogP contribution >= 0.6 is 11.8 Å². The van der Waals surface area contributed by atoms with Gasteiger partial charge < -0.3 is 5.32 Å². The van der Waals surface area contributed by atoms with Crippen LogP contribution in [-0.4, -0.2) is 26.9 Å². The number of thioether (sulfide) groups is 1. The van der Waals surface area contributed by atoms with Gasteiger partial charge in [0.2, 0.25) is 11.8 Å². The Balaban J connectivity index is 2.20. The molecule has 2 amide bonds. The molecule has 1 heterocycles. The van der Waals surface area contributed by atoms with Crippen LogP contribution in [0.3, 0.4) is 0 Å². The lowest BCUT2D eigenvalue weighted by Crippen LogP contribution is -2.42. The number of nitrogens with zero attached hydrogens (tertiary/aromatic N) is 2. The van der Waals surface area contributed by atoms with Gasteiger partial charge >= 0.3 is 0 Å². The molecule has 1 saturated carbocycles. The number of amidine groups is 1. The van der Waals surface area contributed by atoms with Crippen molar-refractivity contribution in [3.8, 4) is 0 Å². The maximum Gasteiger partial charge on any atom is 0.240 e. The topological polar surface area (TPSA) is 61.8 Å². The van der Waals surface area contributed by atoms with E-state index in [1.54, 1.807) is 5.01 Å². The number of hydrogen-bond donors (Lipinski definition) is 1. The lowest BCUT2D eigenvalue weighted by atomic mass is 10.1. The summed E-state index contributed by atoms with van der Waals surface area (Å²) >= 11 is 1.54. The molecule has 0 aromatic carbocycles. The third-order valence-electron chi connectivity index (χ3n) is 3.33. The zero-order valence-corrected chi connectivity index (χ0v) is 11.7. The molecule has 1 N–H and O–H groups in total. The summed E-state index contributed by atoms with van der Waals surface area (Å²) in [7, 11) is 0. The van der Waals surface area contributed by atoms with Crippen molar-refractivity contribution in [1.29, 1.82) is 0 Å². The molecule has 2 rings (SSSR count). The SMILES string of the molecule is CC(=O)NC1=NN(C(C)=O)C2(CCCCCC2)S1. The average molecular weight is 269 g/mol. The van der Waals surface area contributed by atoms with Crippen LogP contribution in [0.4, 0.5) is 0 Å². The van der Waals surface area contributed by atoms with E-state index < -0.39 is 0 Å². The largest absolute Gasteiger partial charge is 0.304 e. The number of amides is 2. The van der Waals surface area contributed by atoms with Gasteiger partial charge in [-0.15, -0.1) is 5.10 Å². The first-order chi connectivity index (χ1) is 8.53. The van der Waals surface area contributed by atoms with E-state index in [2.05, 4.69) is 10.4 Å². The van der Waals surface area contributed by atoms with Crippen LogP contribution < -0.4 is 5.32 Å². The van der Waals surface area contributed by atoms with Gasteiger partial charge in [-0.25, -0.2) is 5.01 Å². The third-order valence-corrected chi connectivity index (χ3v) is 4.67. The van der Waals surface area contributed by atoms with Gasteiger partial charge in [0.1, 0.15) is 4.87 Å². The number of rotatable bonds is 0. The summed E-state index contributed by atoms with van der Waals surface area (Å²) in [5.41, 5.74) is 0. The fraction of sp³-hybridized carbons (Fsp3) is 0.750. The Morgan fingerprint density at radius 2 is 1.83 bits per heavy atom. The smallest absolute Gasteiger partial charge is 0.240 e. The zero-order valence-electron chi connectivity index (χ0n) is 10.9. The quantitative estimate of drug-likeness (QED) is 0.732. The van der Waals surface area contributed by atoms with E-state index in [1.807, 2.05) is 0 Å². The molecule has 6 heteroatoms. The Labute approximate surface area is 111 Å². The highest BCUT2D eigenvalue weighted by Gasteiger charge is 2.45. The van der Waals surface area contributed by atoms with Crippen molar-refractivity contribution in [2.45, 2.75) is 57.2 Å². The number of carbonyl (C=O) groups is 2. The molecule has 5 nitrogen and oxygen atoms in total. The van der Waals surface area contributed by atoms with Crippen LogP contribution in [0.15, 0.2) is 5.10 Å². The second-order valence-corrected chi connectivity index (χ2v) is 6.23. The lowest BCUT2D eigenvalue weighted by Gasteiger charge is -2.33. The van der Waals surface area contributed by atoms with Crippen LogP contribution in [0.5, 0.6) is 0 Å². The van der Waals surface area contributed by atoms with Gasteiger partial charge in [-0.2, -0.15) is 0 Å². The van der Waals surface area contributed by atoms with Crippen molar-refractivity contribution in [1.82, 2.24) is 10.3 Å². The molecule has 0 saturated heterocycles. The first-order valence-corrected chi connectivity index (χ1v) is 7.21. The van der Waals surface area contributed by atoms with E-state index in [9.17, 15) is 9.59 Å². The van der Waals surface area contributed by atoms with Crippen LogP contribution in [-0.2, 0) is 9.59 Å². The average Bonchev–Trinajstić information content (AvgIpc) is 2.45. The van der Waals surface area contributed by atoms with E-state index in [0.717, 1.165) is 25.7 Å². The van der Waals surface area contributed by atoms with Gasteiger partial charge in [0.05, 0.1) is 0 Å². The van der Waals surface area contributed by atoms with Crippen molar-refractivity contribution >= 4 is 28.7 Å². The van der Waals surface area contributed by atoms with Crippen molar-refractivity contribution in [2.24, 2.45) is 5.10 Å². The molecule has 1 fully saturated rings. The minimum Gasteiger partial charge on any atom is -0.304 e. The number of hydrazone groups is 1. The molecule has 1 aliphatic heterocycles. The summed E-state index contributed by atoms with van der Waals surface area (Å²) in [6.45, 7) is 2.99. The molecule has 0 aromatic rings. The van der Waals surface area contributed by atoms with Crippen LogP contribution in [0.25, 0.3) is 0 Å². The molecule has 18 heavy (non-hydrogen) atoms. The molecule has 2 aliphatic rings. The van der Waals surface area contributed by atoms with Gasteiger partial charge in [0.25, 0.3) is 0 Å². The monoisotopic (exact) mass is 269 g/mol. The molecule has 0 bridgehead atoms. The molecule has 100 valence electrons. The summed E-state index contributed by atoms with van der Waals surface area (Å²) in [6, 6.07) is 0. The second-order valence-electron chi connectivity index (χ2n) is 4.88. The Morgan fingerprint density at radius 3 is 2.33 bits per heavy atom. The van der Waals surface area contributed by atoms with Crippen molar-refractivity contribution < 1.29 is 9.59 Å². The minimum atomic E-state index is -0.264. The first-order valence-electron chi connectivity index (χ1n) is 6.39. The minimum absolute atomic E-state index is 0.0512. The van der Waals surface area contributed by atoms with E-state index in [0.29, 0.717) is 5.17 Å². The Hall–Kier alpha value is -1.04. The molecular formula is C12H19N3O2S. The summed E-state index contributed by atoms with van der Waals surface area (Å²) in [5, 5.41) is 9.11. The highest BCUT2D eigenvalue weighted by molar-refractivity contribution is 8.15. The highest BCUT2D eigenvalue weighted by atomic mass is 32.2. The van der Waals surface area contributed by atoms with Gasteiger partial charge in [0.15, 0.2) is 5.17 Å². The number of carbonyl (C=O) groups excluding carboxylic acids is 2. The molecular weight excluding hydrogens is 250 g/mol. The van der Waals surface area contributed by atoms with Gasteiger partial charge in [-0.3, -0.25) is 9.59 Å². The number of hydrogen-bond acceptors (Lipinski definition) is 4. The zero-order chi connectivity index (χ0) is 13.2.